The number of allylic oxidation sites excluding steroid dienone is 3. The first-order chi connectivity index (χ1) is 5.91. The van der Waals surface area contributed by atoms with E-state index in [2.05, 4.69) is 11.3 Å². The molecule has 0 aromatic rings. The van der Waals surface area contributed by atoms with Gasteiger partial charge in [0, 0.05) is 6.08 Å². The second-order valence-electron chi connectivity index (χ2n) is 2.19. The summed E-state index contributed by atoms with van der Waals surface area (Å²) in [7, 11) is -2.84. The Balaban J connectivity index is 5.05. The molecule has 0 amide bonds. The molecule has 0 aromatic carbocycles. The Morgan fingerprint density at radius 3 is 2.38 bits per heavy atom. The third kappa shape index (κ3) is 4.49. The van der Waals surface area contributed by atoms with E-state index in [0.29, 0.717) is 0 Å². The molecule has 0 aliphatic rings. The highest BCUT2D eigenvalue weighted by molar-refractivity contribution is 7.90. The molecule has 4 nitrogen and oxygen atoms in total. The summed E-state index contributed by atoms with van der Waals surface area (Å²) < 4.78 is 34.8. The Hall–Kier alpha value is -1.07. The highest BCUT2D eigenvalue weighted by Gasteiger charge is 2.10. The van der Waals surface area contributed by atoms with Crippen molar-refractivity contribution in [2.75, 3.05) is 7.11 Å². The van der Waals surface area contributed by atoms with Gasteiger partial charge in [0.2, 0.25) is 0 Å². The molecule has 5 heteroatoms. The molecule has 0 bridgehead atoms. The molecule has 0 rings (SSSR count). The van der Waals surface area contributed by atoms with Crippen molar-refractivity contribution in [2.24, 2.45) is 0 Å². The highest BCUT2D eigenvalue weighted by Crippen LogP contribution is 2.09. The summed E-state index contributed by atoms with van der Waals surface area (Å²) in [6.07, 6.45) is 3.87. The Morgan fingerprint density at radius 1 is 1.54 bits per heavy atom. The van der Waals surface area contributed by atoms with Gasteiger partial charge in [-0.15, -0.1) is 0 Å². The van der Waals surface area contributed by atoms with Crippen molar-refractivity contribution >= 4 is 10.1 Å². The van der Waals surface area contributed by atoms with Crippen LogP contribution in [0.25, 0.3) is 0 Å². The number of hydrogen-bond acceptors (Lipinski definition) is 3. The van der Waals surface area contributed by atoms with Crippen LogP contribution in [0.3, 0.4) is 0 Å². The van der Waals surface area contributed by atoms with Gasteiger partial charge in [-0.1, -0.05) is 12.7 Å². The van der Waals surface area contributed by atoms with E-state index in [4.69, 9.17) is 4.55 Å². The molecule has 0 saturated carbocycles. The summed E-state index contributed by atoms with van der Waals surface area (Å²) >= 11 is 0. The number of hydrogen-bond donors (Lipinski definition) is 1. The zero-order valence-electron chi connectivity index (χ0n) is 7.52. The summed E-state index contributed by atoms with van der Waals surface area (Å²) in [6.45, 7) is 5.03. The van der Waals surface area contributed by atoms with Gasteiger partial charge in [0.05, 0.1) is 12.0 Å². The highest BCUT2D eigenvalue weighted by atomic mass is 32.2. The van der Waals surface area contributed by atoms with Crippen LogP contribution in [0.15, 0.2) is 35.5 Å². The standard InChI is InChI=1S/C8H12O4S/c1-4-5-8(13(9,10)11)6-7(2)12-3/h4-6H,2H2,1,3H3,(H,9,10,11)/b5-4-,8-6+. The third-order valence-corrected chi connectivity index (χ3v) is 2.04. The Morgan fingerprint density at radius 2 is 2.08 bits per heavy atom. The van der Waals surface area contributed by atoms with Crippen LogP contribution >= 0.6 is 0 Å². The monoisotopic (exact) mass is 204 g/mol. The minimum atomic E-state index is -4.20. The lowest BCUT2D eigenvalue weighted by Crippen LogP contribution is -2.00. The Labute approximate surface area is 78.0 Å². The number of rotatable bonds is 4. The zero-order chi connectivity index (χ0) is 10.5. The number of ether oxygens (including phenoxy) is 1. The van der Waals surface area contributed by atoms with Crippen LogP contribution in [-0.2, 0) is 14.9 Å². The van der Waals surface area contributed by atoms with E-state index in [-0.39, 0.29) is 10.7 Å². The molecule has 0 heterocycles. The molecule has 0 aliphatic carbocycles. The lowest BCUT2D eigenvalue weighted by atomic mass is 10.4. The van der Waals surface area contributed by atoms with Crippen molar-refractivity contribution in [3.05, 3.63) is 35.5 Å². The molecule has 0 unspecified atom stereocenters. The van der Waals surface area contributed by atoms with Crippen LogP contribution in [0.1, 0.15) is 6.92 Å². The first-order valence-electron chi connectivity index (χ1n) is 3.46. The molecule has 0 aliphatic heterocycles. The van der Waals surface area contributed by atoms with E-state index >= 15 is 0 Å². The van der Waals surface area contributed by atoms with Crippen LogP contribution in [0.2, 0.25) is 0 Å². The van der Waals surface area contributed by atoms with Gasteiger partial charge in [-0.3, -0.25) is 4.55 Å². The van der Waals surface area contributed by atoms with E-state index in [1.54, 1.807) is 6.92 Å². The van der Waals surface area contributed by atoms with Crippen LogP contribution in [0.4, 0.5) is 0 Å². The van der Waals surface area contributed by atoms with Gasteiger partial charge in [-0.25, -0.2) is 0 Å². The second kappa shape index (κ2) is 4.84. The predicted molar refractivity (Wildman–Crippen MR) is 50.6 cm³/mol. The molecule has 0 atom stereocenters. The minimum Gasteiger partial charge on any atom is -0.497 e. The van der Waals surface area contributed by atoms with E-state index in [1.807, 2.05) is 0 Å². The Kier molecular flexibility index (Phi) is 4.44. The summed E-state index contributed by atoms with van der Waals surface area (Å²) in [5, 5.41) is 0. The lowest BCUT2D eigenvalue weighted by Gasteiger charge is -1.99. The topological polar surface area (TPSA) is 63.6 Å². The van der Waals surface area contributed by atoms with Gasteiger partial charge >= 0.3 is 0 Å². The molecule has 1 N–H and O–H groups in total. The maximum atomic E-state index is 10.7. The fourth-order valence-electron chi connectivity index (χ4n) is 0.590. The van der Waals surface area contributed by atoms with Crippen molar-refractivity contribution in [1.29, 1.82) is 0 Å². The summed E-state index contributed by atoms with van der Waals surface area (Å²) in [6, 6.07) is 0. The quantitative estimate of drug-likeness (QED) is 0.428. The molecule has 74 valence electrons. The molecule has 0 aromatic heterocycles. The van der Waals surface area contributed by atoms with Crippen LogP contribution in [0.5, 0.6) is 0 Å². The summed E-state index contributed by atoms with van der Waals surface area (Å²) in [5.74, 6) is 0.158. The molecule has 0 saturated heterocycles. The fourth-order valence-corrected chi connectivity index (χ4v) is 1.18. The van der Waals surface area contributed by atoms with E-state index in [0.717, 1.165) is 6.08 Å². The van der Waals surface area contributed by atoms with Crippen molar-refractivity contribution in [2.45, 2.75) is 6.92 Å². The van der Waals surface area contributed by atoms with Crippen LogP contribution < -0.4 is 0 Å². The average Bonchev–Trinajstić information content (AvgIpc) is 2.01. The van der Waals surface area contributed by atoms with E-state index < -0.39 is 10.1 Å². The molecule has 0 radical (unpaired) electrons. The van der Waals surface area contributed by atoms with Crippen molar-refractivity contribution < 1.29 is 17.7 Å². The van der Waals surface area contributed by atoms with E-state index in [9.17, 15) is 8.42 Å². The summed E-state index contributed by atoms with van der Waals surface area (Å²) in [5.41, 5.74) is 0. The van der Waals surface area contributed by atoms with Crippen LogP contribution in [0, 0.1) is 0 Å². The smallest absolute Gasteiger partial charge is 0.294 e. The number of methoxy groups -OCH3 is 1. The first-order valence-corrected chi connectivity index (χ1v) is 4.90. The second-order valence-corrected chi connectivity index (χ2v) is 3.61. The molecule has 0 spiro atoms. The van der Waals surface area contributed by atoms with E-state index in [1.165, 1.54) is 19.3 Å². The minimum absolute atomic E-state index is 0.158. The maximum Gasteiger partial charge on any atom is 0.294 e. The van der Waals surface area contributed by atoms with Gasteiger partial charge in [-0.2, -0.15) is 8.42 Å². The molecule has 13 heavy (non-hydrogen) atoms. The Bertz CT molecular complexity index is 335. The van der Waals surface area contributed by atoms with Crippen molar-refractivity contribution in [3.63, 3.8) is 0 Å². The fraction of sp³-hybridized carbons (Fsp3) is 0.250. The zero-order valence-corrected chi connectivity index (χ0v) is 8.34. The average molecular weight is 204 g/mol. The lowest BCUT2D eigenvalue weighted by molar-refractivity contribution is 0.308. The third-order valence-electron chi connectivity index (χ3n) is 1.19. The van der Waals surface area contributed by atoms with Crippen molar-refractivity contribution in [3.8, 4) is 0 Å². The molecule has 0 fully saturated rings. The summed E-state index contributed by atoms with van der Waals surface area (Å²) in [4.78, 5) is -0.248. The van der Waals surface area contributed by atoms with Gasteiger partial charge < -0.3 is 4.74 Å². The SMILES string of the molecule is C=C(/C=C(\C=C/C)S(=O)(=O)O)OC. The normalized spacial score (nSPS) is 13.3. The largest absolute Gasteiger partial charge is 0.497 e. The van der Waals surface area contributed by atoms with Gasteiger partial charge in [0.1, 0.15) is 5.76 Å². The predicted octanol–water partition coefficient (Wildman–Crippen LogP) is 1.49. The maximum absolute atomic E-state index is 10.7. The van der Waals surface area contributed by atoms with Crippen LogP contribution in [-0.4, -0.2) is 20.1 Å². The van der Waals surface area contributed by atoms with Gasteiger partial charge in [0.25, 0.3) is 10.1 Å². The van der Waals surface area contributed by atoms with Gasteiger partial charge in [0.15, 0.2) is 0 Å². The first kappa shape index (κ1) is 11.9. The molecular formula is C8H12O4S. The molecular weight excluding hydrogens is 192 g/mol. The van der Waals surface area contributed by atoms with Crippen molar-refractivity contribution in [1.82, 2.24) is 0 Å². The van der Waals surface area contributed by atoms with Gasteiger partial charge in [-0.05, 0) is 13.0 Å².